The van der Waals surface area contributed by atoms with Crippen molar-refractivity contribution in [2.24, 2.45) is 0 Å². The fourth-order valence-electron chi connectivity index (χ4n) is 4.65. The molecule has 1 atom stereocenters. The lowest BCUT2D eigenvalue weighted by atomic mass is 10.1. The third-order valence-corrected chi connectivity index (χ3v) is 7.90. The predicted molar refractivity (Wildman–Crippen MR) is 158 cm³/mol. The highest BCUT2D eigenvalue weighted by Crippen LogP contribution is 2.42. The fraction of sp³-hybridized carbons (Fsp3) is 0.152. The normalized spacial score (nSPS) is 16.9. The van der Waals surface area contributed by atoms with Crippen LogP contribution in [0.15, 0.2) is 107 Å². The molecule has 0 bridgehead atoms. The van der Waals surface area contributed by atoms with Gasteiger partial charge in [-0.25, -0.2) is 0 Å². The van der Waals surface area contributed by atoms with Crippen molar-refractivity contribution in [2.75, 3.05) is 18.1 Å². The molecule has 4 aromatic carbocycles. The summed E-state index contributed by atoms with van der Waals surface area (Å²) in [6, 6.07) is 31.0. The van der Waals surface area contributed by atoms with Crippen LogP contribution in [0.1, 0.15) is 27.0 Å². The van der Waals surface area contributed by atoms with Gasteiger partial charge in [-0.05, 0) is 60.5 Å². The molecule has 0 fully saturated rings. The quantitative estimate of drug-likeness (QED) is 0.289. The first-order valence-corrected chi connectivity index (χ1v) is 14.0. The summed E-state index contributed by atoms with van der Waals surface area (Å²) < 4.78 is 11.6. The monoisotopic (exact) mass is 548 g/mol. The van der Waals surface area contributed by atoms with Gasteiger partial charge < -0.3 is 19.7 Å². The molecule has 200 valence electrons. The van der Waals surface area contributed by atoms with E-state index in [9.17, 15) is 9.59 Å². The Morgan fingerprint density at radius 3 is 2.48 bits per heavy atom. The van der Waals surface area contributed by atoms with Gasteiger partial charge in [-0.3, -0.25) is 9.59 Å². The van der Waals surface area contributed by atoms with Gasteiger partial charge in [-0.2, -0.15) is 0 Å². The van der Waals surface area contributed by atoms with E-state index in [4.69, 9.17) is 9.47 Å². The van der Waals surface area contributed by atoms with Crippen molar-refractivity contribution in [3.63, 3.8) is 0 Å². The topological polar surface area (TPSA) is 67.9 Å². The lowest BCUT2D eigenvalue weighted by Crippen LogP contribution is -2.40. The number of hydrogen-bond acceptors (Lipinski definition) is 5. The molecule has 6 rings (SSSR count). The molecule has 2 amide bonds. The second-order valence-corrected chi connectivity index (χ2v) is 10.9. The van der Waals surface area contributed by atoms with Gasteiger partial charge in [0.15, 0.2) is 11.5 Å². The molecule has 0 saturated carbocycles. The number of nitrogens with one attached hydrogen (secondary N) is 1. The molecule has 7 heteroatoms. The minimum atomic E-state index is -0.261. The number of hydrogen-bond donors (Lipinski definition) is 1. The summed E-state index contributed by atoms with van der Waals surface area (Å²) >= 11 is 1.47. The molecule has 0 aromatic heterocycles. The van der Waals surface area contributed by atoms with Crippen molar-refractivity contribution in [2.45, 2.75) is 24.5 Å². The van der Waals surface area contributed by atoms with E-state index in [0.717, 1.165) is 21.7 Å². The minimum absolute atomic E-state index is 0.0395. The predicted octanol–water partition coefficient (Wildman–Crippen LogP) is 6.24. The minimum Gasteiger partial charge on any atom is -0.486 e. The Morgan fingerprint density at radius 1 is 0.950 bits per heavy atom. The number of benzene rings is 4. The molecule has 40 heavy (non-hydrogen) atoms. The van der Waals surface area contributed by atoms with Gasteiger partial charge in [-0.1, -0.05) is 78.0 Å². The van der Waals surface area contributed by atoms with Crippen LogP contribution in [0.5, 0.6) is 11.5 Å². The highest BCUT2D eigenvalue weighted by Gasteiger charge is 2.29. The summed E-state index contributed by atoms with van der Waals surface area (Å²) in [5.74, 6) is 1.16. The second-order valence-electron chi connectivity index (χ2n) is 9.78. The van der Waals surface area contributed by atoms with Gasteiger partial charge in [0.2, 0.25) is 0 Å². The third-order valence-electron chi connectivity index (χ3n) is 6.82. The van der Waals surface area contributed by atoms with E-state index in [1.54, 1.807) is 12.1 Å². The van der Waals surface area contributed by atoms with E-state index < -0.39 is 0 Å². The van der Waals surface area contributed by atoms with Crippen LogP contribution in [0.25, 0.3) is 6.08 Å². The highest BCUT2D eigenvalue weighted by molar-refractivity contribution is 8.04. The average molecular weight is 549 g/mol. The van der Waals surface area contributed by atoms with Gasteiger partial charge in [0.05, 0.1) is 23.7 Å². The maximum atomic E-state index is 13.6. The lowest BCUT2D eigenvalue weighted by Gasteiger charge is -2.30. The van der Waals surface area contributed by atoms with Crippen LogP contribution in [-0.4, -0.2) is 31.1 Å². The molecule has 0 unspecified atom stereocenters. The Bertz CT molecular complexity index is 1580. The summed E-state index contributed by atoms with van der Waals surface area (Å²) in [6.45, 7) is 3.26. The number of carbonyl (C=O) groups is 2. The smallest absolute Gasteiger partial charge is 0.265 e. The molecule has 6 nitrogen and oxygen atoms in total. The lowest BCUT2D eigenvalue weighted by molar-refractivity contribution is -0.114. The molecule has 0 aliphatic carbocycles. The molecule has 0 radical (unpaired) electrons. The van der Waals surface area contributed by atoms with Crippen molar-refractivity contribution in [3.8, 4) is 11.5 Å². The Morgan fingerprint density at radius 2 is 1.68 bits per heavy atom. The van der Waals surface area contributed by atoms with E-state index in [1.165, 1.54) is 17.3 Å². The Hall–Kier alpha value is -4.49. The van der Waals surface area contributed by atoms with Gasteiger partial charge in [0.1, 0.15) is 12.7 Å². The maximum absolute atomic E-state index is 13.6. The molecule has 4 aromatic rings. The third kappa shape index (κ3) is 5.60. The number of aryl methyl sites for hydroxylation is 1. The number of ether oxygens (including phenoxy) is 2. The number of para-hydroxylation sites is 3. The average Bonchev–Trinajstić information content (AvgIpc) is 2.99. The Balaban J connectivity index is 1.13. The fourth-order valence-corrected chi connectivity index (χ4v) is 5.71. The highest BCUT2D eigenvalue weighted by atomic mass is 32.2. The van der Waals surface area contributed by atoms with Gasteiger partial charge in [0.25, 0.3) is 11.8 Å². The number of thioether (sulfide) groups is 1. The van der Waals surface area contributed by atoms with E-state index in [1.807, 2.05) is 71.6 Å². The van der Waals surface area contributed by atoms with Crippen LogP contribution in [0.3, 0.4) is 0 Å². The molecule has 0 saturated heterocycles. The van der Waals surface area contributed by atoms with E-state index in [0.29, 0.717) is 41.7 Å². The number of amides is 2. The summed E-state index contributed by atoms with van der Waals surface area (Å²) in [5.41, 5.74) is 4.56. The Kier molecular flexibility index (Phi) is 7.29. The van der Waals surface area contributed by atoms with Gasteiger partial charge in [-0.15, -0.1) is 0 Å². The molecule has 2 aliphatic rings. The van der Waals surface area contributed by atoms with E-state index in [-0.39, 0.29) is 17.9 Å². The van der Waals surface area contributed by atoms with Crippen LogP contribution in [-0.2, 0) is 11.3 Å². The SMILES string of the molecule is Cc1ccc(CN2C(=O)/C(=C\c3ccc(C(=O)NC[C@H]4COc5ccccc5O4)cc3)Sc3ccccc32)cc1. The van der Waals surface area contributed by atoms with Crippen LogP contribution in [0.2, 0.25) is 0 Å². The molecule has 2 aliphatic heterocycles. The van der Waals surface area contributed by atoms with Crippen molar-refractivity contribution >= 4 is 35.3 Å². The first-order valence-electron chi connectivity index (χ1n) is 13.2. The van der Waals surface area contributed by atoms with Crippen LogP contribution in [0, 0.1) is 6.92 Å². The number of fused-ring (bicyclic) bond motifs is 2. The van der Waals surface area contributed by atoms with Crippen molar-refractivity contribution < 1.29 is 19.1 Å². The summed E-state index contributed by atoms with van der Waals surface area (Å²) in [5, 5.41) is 2.93. The Labute approximate surface area is 237 Å². The zero-order chi connectivity index (χ0) is 27.5. The van der Waals surface area contributed by atoms with Crippen molar-refractivity contribution in [1.82, 2.24) is 5.32 Å². The number of rotatable bonds is 6. The number of anilines is 1. The molecule has 1 N–H and O–H groups in total. The largest absolute Gasteiger partial charge is 0.486 e. The maximum Gasteiger partial charge on any atom is 0.265 e. The molecular weight excluding hydrogens is 520 g/mol. The first-order chi connectivity index (χ1) is 19.5. The van der Waals surface area contributed by atoms with Crippen LogP contribution < -0.4 is 19.7 Å². The number of carbonyl (C=O) groups excluding carboxylic acids is 2. The second kappa shape index (κ2) is 11.3. The molecular formula is C33H28N2O4S. The van der Waals surface area contributed by atoms with E-state index >= 15 is 0 Å². The number of nitrogens with zero attached hydrogens (tertiary/aromatic N) is 1. The van der Waals surface area contributed by atoms with Crippen LogP contribution >= 0.6 is 11.8 Å². The summed E-state index contributed by atoms with van der Waals surface area (Å²) in [4.78, 5) is 29.9. The van der Waals surface area contributed by atoms with E-state index in [2.05, 4.69) is 36.5 Å². The van der Waals surface area contributed by atoms with Crippen molar-refractivity contribution in [1.29, 1.82) is 0 Å². The zero-order valence-corrected chi connectivity index (χ0v) is 22.8. The molecule has 2 heterocycles. The van der Waals surface area contributed by atoms with Gasteiger partial charge in [0, 0.05) is 10.5 Å². The molecule has 0 spiro atoms. The summed E-state index contributed by atoms with van der Waals surface area (Å²) in [6.07, 6.45) is 1.63. The first kappa shape index (κ1) is 25.8. The zero-order valence-electron chi connectivity index (χ0n) is 22.0. The standard InChI is InChI=1S/C33H28N2O4S/c1-22-10-12-24(13-11-22)20-35-27-6-2-5-9-30(27)40-31(33(35)37)18-23-14-16-25(17-15-23)32(36)34-19-26-21-38-28-7-3-4-8-29(28)39-26/h2-18,26H,19-21H2,1H3,(H,34,36)/b31-18+/t26-/m0/s1. The van der Waals surface area contributed by atoms with Crippen molar-refractivity contribution in [3.05, 3.63) is 124 Å². The summed E-state index contributed by atoms with van der Waals surface area (Å²) in [7, 11) is 0. The van der Waals surface area contributed by atoms with Crippen LogP contribution in [0.4, 0.5) is 5.69 Å². The van der Waals surface area contributed by atoms with Gasteiger partial charge >= 0.3 is 0 Å².